The Labute approximate surface area is 101 Å². The molecule has 1 atom stereocenters. The fraction of sp³-hybridized carbons (Fsp3) is 0.600. The number of aliphatic hydroxyl groups excluding tert-OH is 1. The maximum atomic E-state index is 11.1. The third-order valence-corrected chi connectivity index (χ3v) is 3.46. The van der Waals surface area contributed by atoms with E-state index in [4.69, 9.17) is 10.2 Å². The molecule has 0 aromatic carbocycles. The van der Waals surface area contributed by atoms with Gasteiger partial charge in [-0.05, 0) is 28.8 Å². The van der Waals surface area contributed by atoms with E-state index in [0.29, 0.717) is 17.4 Å². The van der Waals surface area contributed by atoms with Gasteiger partial charge in [-0.2, -0.15) is 0 Å². The van der Waals surface area contributed by atoms with E-state index in [1.807, 2.05) is 4.57 Å². The van der Waals surface area contributed by atoms with Gasteiger partial charge < -0.3 is 14.8 Å². The molecule has 6 heteroatoms. The molecule has 2 heterocycles. The molecule has 1 aliphatic heterocycles. The largest absolute Gasteiger partial charge is 0.481 e. The minimum atomic E-state index is -0.808. The predicted octanol–water partition coefficient (Wildman–Crippen LogP) is 1.14. The first kappa shape index (κ1) is 11.6. The minimum Gasteiger partial charge on any atom is -0.481 e. The van der Waals surface area contributed by atoms with Crippen molar-refractivity contribution in [3.63, 3.8) is 0 Å². The van der Waals surface area contributed by atoms with Gasteiger partial charge in [-0.15, -0.1) is 0 Å². The Morgan fingerprint density at radius 1 is 1.62 bits per heavy atom. The van der Waals surface area contributed by atoms with Gasteiger partial charge in [-0.25, -0.2) is 4.98 Å². The van der Waals surface area contributed by atoms with Crippen molar-refractivity contribution in [1.29, 1.82) is 0 Å². The van der Waals surface area contributed by atoms with Crippen LogP contribution in [0.25, 0.3) is 0 Å². The molecule has 0 fully saturated rings. The molecule has 0 saturated carbocycles. The number of carboxylic acids is 1. The van der Waals surface area contributed by atoms with Crippen LogP contribution in [-0.4, -0.2) is 32.3 Å². The maximum Gasteiger partial charge on any atom is 0.312 e. The predicted molar refractivity (Wildman–Crippen MR) is 60.3 cm³/mol. The van der Waals surface area contributed by atoms with E-state index < -0.39 is 11.9 Å². The molecule has 0 bridgehead atoms. The molecular formula is C10H13BrN2O3. The lowest BCUT2D eigenvalue weighted by molar-refractivity contribution is -0.139. The van der Waals surface area contributed by atoms with Crippen molar-refractivity contribution in [3.8, 4) is 0 Å². The van der Waals surface area contributed by atoms with E-state index in [2.05, 4.69) is 20.9 Å². The Balaban J connectivity index is 2.44. The van der Waals surface area contributed by atoms with E-state index >= 15 is 0 Å². The first-order chi connectivity index (χ1) is 7.65. The maximum absolute atomic E-state index is 11.1. The number of fused-ring (bicyclic) bond motifs is 1. The first-order valence-electron chi connectivity index (χ1n) is 5.23. The Morgan fingerprint density at radius 3 is 3.00 bits per heavy atom. The zero-order chi connectivity index (χ0) is 11.7. The summed E-state index contributed by atoms with van der Waals surface area (Å²) >= 11 is 3.30. The van der Waals surface area contributed by atoms with Crippen LogP contribution in [0.2, 0.25) is 0 Å². The number of aromatic nitrogens is 2. The minimum absolute atomic E-state index is 0.0284. The molecule has 0 aliphatic carbocycles. The van der Waals surface area contributed by atoms with Gasteiger partial charge in [0.05, 0.1) is 18.2 Å². The molecule has 0 radical (unpaired) electrons. The number of rotatable bonds is 3. The van der Waals surface area contributed by atoms with Gasteiger partial charge in [0.2, 0.25) is 0 Å². The summed E-state index contributed by atoms with van der Waals surface area (Å²) in [5, 5.41) is 18.1. The second-order valence-electron chi connectivity index (χ2n) is 3.86. The number of carbonyl (C=O) groups is 1. The lowest BCUT2D eigenvalue weighted by atomic mass is 9.96. The molecule has 0 spiro atoms. The van der Waals surface area contributed by atoms with Crippen LogP contribution in [-0.2, 0) is 17.8 Å². The van der Waals surface area contributed by atoms with Crippen molar-refractivity contribution in [1.82, 2.24) is 9.55 Å². The number of aliphatic hydroxyl groups is 1. The highest BCUT2D eigenvalue weighted by Gasteiger charge is 2.31. The van der Waals surface area contributed by atoms with Crippen LogP contribution in [0.15, 0.2) is 4.60 Å². The fourth-order valence-electron chi connectivity index (χ4n) is 2.18. The van der Waals surface area contributed by atoms with Gasteiger partial charge >= 0.3 is 5.97 Å². The highest BCUT2D eigenvalue weighted by atomic mass is 79.9. The van der Waals surface area contributed by atoms with Gasteiger partial charge in [0, 0.05) is 13.0 Å². The first-order valence-corrected chi connectivity index (χ1v) is 6.03. The Hall–Kier alpha value is -0.880. The van der Waals surface area contributed by atoms with Gasteiger partial charge in [-0.1, -0.05) is 0 Å². The van der Waals surface area contributed by atoms with Gasteiger partial charge in [0.1, 0.15) is 10.4 Å². The number of imidazole rings is 1. The van der Waals surface area contributed by atoms with Crippen LogP contribution in [0.1, 0.15) is 30.3 Å². The highest BCUT2D eigenvalue weighted by Crippen LogP contribution is 2.34. The Morgan fingerprint density at radius 2 is 2.38 bits per heavy atom. The molecule has 0 amide bonds. The van der Waals surface area contributed by atoms with E-state index in [1.165, 1.54) is 0 Å². The van der Waals surface area contributed by atoms with Crippen molar-refractivity contribution in [3.05, 3.63) is 16.1 Å². The number of nitrogens with zero attached hydrogens (tertiary/aromatic N) is 2. The lowest BCUT2D eigenvalue weighted by Crippen LogP contribution is -2.23. The Bertz CT molecular complexity index is 416. The molecule has 1 aromatic heterocycles. The second-order valence-corrected chi connectivity index (χ2v) is 4.61. The molecule has 5 nitrogen and oxygen atoms in total. The van der Waals surface area contributed by atoms with Crippen molar-refractivity contribution < 1.29 is 15.0 Å². The van der Waals surface area contributed by atoms with Crippen molar-refractivity contribution in [2.75, 3.05) is 6.61 Å². The second kappa shape index (κ2) is 4.55. The summed E-state index contributed by atoms with van der Waals surface area (Å²) in [6, 6.07) is 0. The molecule has 88 valence electrons. The molecular weight excluding hydrogens is 276 g/mol. The number of carboxylic acid groups (broad SMARTS) is 1. The van der Waals surface area contributed by atoms with Crippen LogP contribution in [0, 0.1) is 0 Å². The zero-order valence-corrected chi connectivity index (χ0v) is 10.3. The monoisotopic (exact) mass is 288 g/mol. The standard InChI is InChI=1S/C10H13BrN2O3/c11-9-8-6(10(15)16)2-1-4-13(8)7(12-9)3-5-14/h6,14H,1-5H2,(H,15,16). The SMILES string of the molecule is O=C(O)C1CCCn2c(CCO)nc(Br)c21. The van der Waals surface area contributed by atoms with E-state index in [9.17, 15) is 4.79 Å². The van der Waals surface area contributed by atoms with Crippen molar-refractivity contribution >= 4 is 21.9 Å². The van der Waals surface area contributed by atoms with Crippen LogP contribution in [0.4, 0.5) is 0 Å². The van der Waals surface area contributed by atoms with E-state index in [0.717, 1.165) is 24.5 Å². The van der Waals surface area contributed by atoms with Crippen molar-refractivity contribution in [2.45, 2.75) is 31.7 Å². The van der Waals surface area contributed by atoms with Gasteiger partial charge in [-0.3, -0.25) is 4.79 Å². The highest BCUT2D eigenvalue weighted by molar-refractivity contribution is 9.10. The number of hydrogen-bond donors (Lipinski definition) is 2. The Kier molecular flexibility index (Phi) is 3.30. The van der Waals surface area contributed by atoms with Crippen LogP contribution < -0.4 is 0 Å². The lowest BCUT2D eigenvalue weighted by Gasteiger charge is -2.22. The average molecular weight is 289 g/mol. The summed E-state index contributed by atoms with van der Waals surface area (Å²) in [5.41, 5.74) is 0.738. The van der Waals surface area contributed by atoms with Gasteiger partial charge in [0.25, 0.3) is 0 Å². The van der Waals surface area contributed by atoms with Crippen LogP contribution in [0.5, 0.6) is 0 Å². The molecule has 2 rings (SSSR count). The van der Waals surface area contributed by atoms with E-state index in [1.54, 1.807) is 0 Å². The summed E-state index contributed by atoms with van der Waals surface area (Å²) in [6.45, 7) is 0.813. The number of halogens is 1. The number of hydrogen-bond acceptors (Lipinski definition) is 3. The van der Waals surface area contributed by atoms with Crippen molar-refractivity contribution in [2.24, 2.45) is 0 Å². The molecule has 2 N–H and O–H groups in total. The van der Waals surface area contributed by atoms with E-state index in [-0.39, 0.29) is 6.61 Å². The smallest absolute Gasteiger partial charge is 0.312 e. The summed E-state index contributed by atoms with van der Waals surface area (Å²) in [4.78, 5) is 15.4. The number of aliphatic carboxylic acids is 1. The van der Waals surface area contributed by atoms with Gasteiger partial charge in [0.15, 0.2) is 0 Å². The summed E-state index contributed by atoms with van der Waals surface area (Å²) < 4.78 is 2.52. The molecule has 0 saturated heterocycles. The zero-order valence-electron chi connectivity index (χ0n) is 8.69. The third kappa shape index (κ3) is 1.87. The molecule has 1 unspecified atom stereocenters. The molecule has 1 aliphatic rings. The summed E-state index contributed by atoms with van der Waals surface area (Å²) in [7, 11) is 0. The fourth-order valence-corrected chi connectivity index (χ4v) is 2.88. The third-order valence-electron chi connectivity index (χ3n) is 2.88. The average Bonchev–Trinajstić information content (AvgIpc) is 2.57. The summed E-state index contributed by atoms with van der Waals surface area (Å²) in [6.07, 6.45) is 1.95. The topological polar surface area (TPSA) is 75.3 Å². The quantitative estimate of drug-likeness (QED) is 0.875. The summed E-state index contributed by atoms with van der Waals surface area (Å²) in [5.74, 6) is -0.532. The molecule has 1 aromatic rings. The van der Waals surface area contributed by atoms with Crippen LogP contribution in [0.3, 0.4) is 0 Å². The molecule has 16 heavy (non-hydrogen) atoms. The normalized spacial score (nSPS) is 19.5. The van der Waals surface area contributed by atoms with Crippen LogP contribution >= 0.6 is 15.9 Å².